The van der Waals surface area contributed by atoms with Gasteiger partial charge in [0.2, 0.25) is 10.0 Å². The number of sulfonamides is 1. The van der Waals surface area contributed by atoms with Crippen LogP contribution in [-0.2, 0) is 19.9 Å². The maximum absolute atomic E-state index is 12.7. The number of benzene rings is 1. The number of hydrogen-bond acceptors (Lipinski definition) is 6. The first-order chi connectivity index (χ1) is 11.8. The van der Waals surface area contributed by atoms with Crippen LogP contribution >= 0.6 is 0 Å². The smallest absolute Gasteiger partial charge is 0.243 e. The molecule has 1 saturated heterocycles. The van der Waals surface area contributed by atoms with Gasteiger partial charge in [-0.25, -0.2) is 16.8 Å². The zero-order valence-electron chi connectivity index (χ0n) is 14.6. The highest BCUT2D eigenvalue weighted by Crippen LogP contribution is 2.22. The summed E-state index contributed by atoms with van der Waals surface area (Å²) >= 11 is 0. The second-order valence-electron chi connectivity index (χ2n) is 6.05. The van der Waals surface area contributed by atoms with Gasteiger partial charge >= 0.3 is 0 Å². The second-order valence-corrected chi connectivity index (χ2v) is 10.5. The summed E-state index contributed by atoms with van der Waals surface area (Å²) in [6.45, 7) is 2.63. The summed E-state index contributed by atoms with van der Waals surface area (Å²) in [5, 5.41) is 3.13. The number of likely N-dealkylation sites (N-methyl/N-ethyl adjacent to an activating group) is 1. The Labute approximate surface area is 150 Å². The van der Waals surface area contributed by atoms with E-state index in [0.717, 1.165) is 12.8 Å². The number of rotatable bonds is 8. The van der Waals surface area contributed by atoms with Crippen molar-refractivity contribution >= 4 is 19.9 Å². The van der Waals surface area contributed by atoms with E-state index in [2.05, 4.69) is 5.32 Å². The van der Waals surface area contributed by atoms with Crippen molar-refractivity contribution in [2.75, 3.05) is 38.2 Å². The van der Waals surface area contributed by atoms with Gasteiger partial charge in [0.15, 0.2) is 9.84 Å². The van der Waals surface area contributed by atoms with E-state index in [1.165, 1.54) is 16.4 Å². The monoisotopic (exact) mass is 390 g/mol. The molecule has 0 bridgehead atoms. The van der Waals surface area contributed by atoms with Gasteiger partial charge in [0.05, 0.1) is 10.6 Å². The van der Waals surface area contributed by atoms with E-state index in [1.54, 1.807) is 19.1 Å². The molecule has 142 valence electrons. The Hall–Kier alpha value is -1.16. The first-order valence-electron chi connectivity index (χ1n) is 8.39. The third kappa shape index (κ3) is 5.40. The maximum Gasteiger partial charge on any atom is 0.243 e. The van der Waals surface area contributed by atoms with Gasteiger partial charge in [0, 0.05) is 24.9 Å². The van der Waals surface area contributed by atoms with Gasteiger partial charge in [-0.15, -0.1) is 0 Å². The third-order valence-electron chi connectivity index (χ3n) is 4.36. The summed E-state index contributed by atoms with van der Waals surface area (Å²) < 4.78 is 55.2. The Bertz CT molecular complexity index is 760. The van der Waals surface area contributed by atoms with Crippen molar-refractivity contribution < 1.29 is 21.6 Å². The highest BCUT2D eigenvalue weighted by molar-refractivity contribution is 7.91. The van der Waals surface area contributed by atoms with E-state index in [-0.39, 0.29) is 29.0 Å². The van der Waals surface area contributed by atoms with E-state index in [0.29, 0.717) is 18.8 Å². The molecule has 0 amide bonds. The van der Waals surface area contributed by atoms with Crippen LogP contribution in [0.4, 0.5) is 0 Å². The molecule has 0 saturated carbocycles. The Morgan fingerprint density at radius 1 is 1.20 bits per heavy atom. The molecule has 1 fully saturated rings. The summed E-state index contributed by atoms with van der Waals surface area (Å²) in [6, 6.07) is 6.30. The lowest BCUT2D eigenvalue weighted by molar-refractivity contribution is 0.293. The molecule has 0 aromatic heterocycles. The lowest BCUT2D eigenvalue weighted by Crippen LogP contribution is -2.46. The first kappa shape index (κ1) is 20.2. The quantitative estimate of drug-likeness (QED) is 0.708. The molecule has 1 atom stereocenters. The van der Waals surface area contributed by atoms with Gasteiger partial charge in [0.1, 0.15) is 12.4 Å². The summed E-state index contributed by atoms with van der Waals surface area (Å²) in [5.74, 6) is 0.483. The van der Waals surface area contributed by atoms with Gasteiger partial charge in [-0.3, -0.25) is 0 Å². The normalized spacial score (nSPS) is 19.7. The molecular formula is C16H26N2O5S2. The zero-order valence-corrected chi connectivity index (χ0v) is 16.3. The van der Waals surface area contributed by atoms with Gasteiger partial charge in [-0.2, -0.15) is 4.31 Å². The minimum Gasteiger partial charge on any atom is -0.493 e. The predicted octanol–water partition coefficient (Wildman–Crippen LogP) is 0.873. The number of hydrogen-bond donors (Lipinski definition) is 1. The van der Waals surface area contributed by atoms with Crippen molar-refractivity contribution in [1.82, 2.24) is 9.62 Å². The average Bonchev–Trinajstić information content (AvgIpc) is 2.62. The number of ether oxygens (including phenoxy) is 1. The molecule has 0 spiro atoms. The Morgan fingerprint density at radius 3 is 2.48 bits per heavy atom. The third-order valence-corrected chi connectivity index (χ3v) is 7.90. The standard InChI is InChI=1S/C16H26N2O5S2/c1-3-24(19,20)12-11-23-15-6-8-16(9-7-15)25(21,22)18-10-4-5-14(13-18)17-2/h6-9,14,17H,3-5,10-13H2,1-2H3. The minimum absolute atomic E-state index is 0.0528. The van der Waals surface area contributed by atoms with Gasteiger partial charge < -0.3 is 10.1 Å². The molecule has 1 aliphatic heterocycles. The second kappa shape index (κ2) is 8.48. The molecule has 1 N–H and O–H groups in total. The fraction of sp³-hybridized carbons (Fsp3) is 0.625. The van der Waals surface area contributed by atoms with E-state index >= 15 is 0 Å². The molecule has 25 heavy (non-hydrogen) atoms. The Kier molecular flexibility index (Phi) is 6.84. The van der Waals surface area contributed by atoms with Crippen LogP contribution < -0.4 is 10.1 Å². The van der Waals surface area contributed by atoms with E-state index < -0.39 is 19.9 Å². The van der Waals surface area contributed by atoms with Gasteiger partial charge in [-0.1, -0.05) is 6.92 Å². The van der Waals surface area contributed by atoms with Crippen LogP contribution in [0.2, 0.25) is 0 Å². The molecule has 9 heteroatoms. The molecule has 0 radical (unpaired) electrons. The summed E-state index contributed by atoms with van der Waals surface area (Å²) in [5.41, 5.74) is 0. The first-order valence-corrected chi connectivity index (χ1v) is 11.7. The Morgan fingerprint density at radius 2 is 1.88 bits per heavy atom. The number of nitrogens with zero attached hydrogens (tertiary/aromatic N) is 1. The van der Waals surface area contributed by atoms with E-state index in [1.807, 2.05) is 7.05 Å². The van der Waals surface area contributed by atoms with Crippen molar-refractivity contribution in [2.24, 2.45) is 0 Å². The molecule has 2 rings (SSSR count). The summed E-state index contributed by atoms with van der Waals surface area (Å²) in [4.78, 5) is 0.220. The van der Waals surface area contributed by atoms with Crippen LogP contribution in [0.3, 0.4) is 0 Å². The Balaban J connectivity index is 2.01. The van der Waals surface area contributed by atoms with Crippen LogP contribution in [0.15, 0.2) is 29.2 Å². The van der Waals surface area contributed by atoms with Gasteiger partial charge in [0.25, 0.3) is 0 Å². The molecule has 0 aliphatic carbocycles. The molecule has 1 heterocycles. The number of piperidine rings is 1. The highest BCUT2D eigenvalue weighted by atomic mass is 32.2. The molecule has 1 aliphatic rings. The highest BCUT2D eigenvalue weighted by Gasteiger charge is 2.29. The van der Waals surface area contributed by atoms with Crippen LogP contribution in [0.1, 0.15) is 19.8 Å². The average molecular weight is 391 g/mol. The van der Waals surface area contributed by atoms with Crippen molar-refractivity contribution in [3.05, 3.63) is 24.3 Å². The van der Waals surface area contributed by atoms with Crippen molar-refractivity contribution in [1.29, 1.82) is 0 Å². The van der Waals surface area contributed by atoms with Crippen LogP contribution in [0.5, 0.6) is 5.75 Å². The maximum atomic E-state index is 12.7. The van der Waals surface area contributed by atoms with Crippen molar-refractivity contribution in [3.63, 3.8) is 0 Å². The predicted molar refractivity (Wildman–Crippen MR) is 97.1 cm³/mol. The van der Waals surface area contributed by atoms with Crippen LogP contribution in [0, 0.1) is 0 Å². The van der Waals surface area contributed by atoms with Gasteiger partial charge in [-0.05, 0) is 44.2 Å². The summed E-state index contributed by atoms with van der Waals surface area (Å²) in [6.07, 6.45) is 1.80. The largest absolute Gasteiger partial charge is 0.493 e. The lowest BCUT2D eigenvalue weighted by atomic mass is 10.1. The molecule has 7 nitrogen and oxygen atoms in total. The number of nitrogens with one attached hydrogen (secondary N) is 1. The summed E-state index contributed by atoms with van der Waals surface area (Å²) in [7, 11) is -4.77. The van der Waals surface area contributed by atoms with Crippen LogP contribution in [-0.4, -0.2) is 65.4 Å². The molecule has 1 aromatic rings. The molecule has 1 unspecified atom stereocenters. The van der Waals surface area contributed by atoms with E-state index in [4.69, 9.17) is 4.74 Å². The fourth-order valence-electron chi connectivity index (χ4n) is 2.68. The fourth-order valence-corrected chi connectivity index (χ4v) is 4.83. The zero-order chi connectivity index (χ0) is 18.5. The minimum atomic E-state index is -3.53. The molecule has 1 aromatic carbocycles. The number of sulfone groups is 1. The van der Waals surface area contributed by atoms with E-state index in [9.17, 15) is 16.8 Å². The van der Waals surface area contributed by atoms with Crippen molar-refractivity contribution in [3.8, 4) is 5.75 Å². The topological polar surface area (TPSA) is 92.8 Å². The lowest BCUT2D eigenvalue weighted by Gasteiger charge is -2.31. The van der Waals surface area contributed by atoms with Crippen molar-refractivity contribution in [2.45, 2.75) is 30.7 Å². The molecular weight excluding hydrogens is 364 g/mol. The van der Waals surface area contributed by atoms with Crippen LogP contribution in [0.25, 0.3) is 0 Å². The SMILES string of the molecule is CCS(=O)(=O)CCOc1ccc(S(=O)(=O)N2CCCC(NC)C2)cc1.